The summed E-state index contributed by atoms with van der Waals surface area (Å²) in [6.07, 6.45) is 0. The van der Waals surface area contributed by atoms with Crippen LogP contribution in [0.5, 0.6) is 0 Å². The fraction of sp³-hybridized carbons (Fsp3) is 0. The average Bonchev–Trinajstić information content (AvgIpc) is 2.52. The van der Waals surface area contributed by atoms with E-state index in [-0.39, 0.29) is 5.84 Å². The Balaban J connectivity index is 2.38. The van der Waals surface area contributed by atoms with Crippen LogP contribution in [0.2, 0.25) is 5.02 Å². The van der Waals surface area contributed by atoms with Crippen molar-refractivity contribution in [2.45, 2.75) is 0 Å². The predicted molar refractivity (Wildman–Crippen MR) is 66.5 cm³/mol. The molecule has 1 heterocycles. The van der Waals surface area contributed by atoms with E-state index in [2.05, 4.69) is 4.99 Å². The van der Waals surface area contributed by atoms with Crippen molar-refractivity contribution in [2.24, 2.45) is 10.7 Å². The molecule has 2 aromatic carbocycles. The molecule has 0 amide bonds. The van der Waals surface area contributed by atoms with Crippen LogP contribution in [0.3, 0.4) is 0 Å². The van der Waals surface area contributed by atoms with Gasteiger partial charge >= 0.3 is 0 Å². The number of nitrogens with two attached hydrogens (primary N) is 1. The molecule has 0 atom stereocenters. The molecular weight excluding hydrogens is 222 g/mol. The minimum absolute atomic E-state index is 0.217. The fourth-order valence-corrected chi connectivity index (χ4v) is 2.10. The first-order valence-corrected chi connectivity index (χ1v) is 5.20. The molecule has 0 aliphatic carbocycles. The zero-order valence-electron chi connectivity index (χ0n) is 8.29. The van der Waals surface area contributed by atoms with Crippen LogP contribution in [0.1, 0.15) is 11.1 Å². The number of hydrogen-bond donors (Lipinski definition) is 2. The second-order valence-electron chi connectivity index (χ2n) is 3.73. The van der Waals surface area contributed by atoms with Crippen LogP contribution in [-0.4, -0.2) is 11.7 Å². The molecule has 0 spiro atoms. The quantitative estimate of drug-likeness (QED) is 0.717. The lowest BCUT2D eigenvalue weighted by Crippen LogP contribution is -2.10. The minimum Gasteiger partial charge on any atom is -0.383 e. The molecule has 0 saturated heterocycles. The van der Waals surface area contributed by atoms with Crippen LogP contribution in [-0.2, 0) is 0 Å². The van der Waals surface area contributed by atoms with Crippen molar-refractivity contribution in [3.05, 3.63) is 46.5 Å². The van der Waals surface area contributed by atoms with Gasteiger partial charge in [-0.25, -0.2) is 4.99 Å². The molecule has 3 nitrogen and oxygen atoms in total. The van der Waals surface area contributed by atoms with Gasteiger partial charge in [-0.2, -0.15) is 0 Å². The number of nitrogens with one attached hydrogen (secondary N) is 1. The molecule has 1 aliphatic rings. The first-order valence-electron chi connectivity index (χ1n) is 4.82. The molecule has 78 valence electrons. The van der Waals surface area contributed by atoms with E-state index in [1.807, 2.05) is 30.3 Å². The minimum atomic E-state index is 0.217. The van der Waals surface area contributed by atoms with E-state index in [4.69, 9.17) is 22.7 Å². The topological polar surface area (TPSA) is 62.2 Å². The van der Waals surface area contributed by atoms with Gasteiger partial charge in [-0.1, -0.05) is 17.7 Å². The molecule has 1 aliphatic heterocycles. The lowest BCUT2D eigenvalue weighted by Gasteiger charge is -2.03. The lowest BCUT2D eigenvalue weighted by atomic mass is 10.0. The first kappa shape index (κ1) is 9.36. The first-order chi connectivity index (χ1) is 7.65. The Bertz CT molecular complexity index is 659. The number of hydrogen-bond acceptors (Lipinski definition) is 2. The number of fused-ring (bicyclic) bond motifs is 2. The highest BCUT2D eigenvalue weighted by Gasteiger charge is 2.18. The Morgan fingerprint density at radius 2 is 1.81 bits per heavy atom. The Morgan fingerprint density at radius 3 is 2.62 bits per heavy atom. The third kappa shape index (κ3) is 1.22. The molecule has 0 saturated carbocycles. The summed E-state index contributed by atoms with van der Waals surface area (Å²) in [7, 11) is 0. The van der Waals surface area contributed by atoms with Gasteiger partial charge < -0.3 is 5.73 Å². The zero-order valence-corrected chi connectivity index (χ0v) is 9.05. The Hall–Kier alpha value is -1.87. The maximum absolute atomic E-state index is 7.69. The molecule has 3 rings (SSSR count). The van der Waals surface area contributed by atoms with Crippen LogP contribution >= 0.6 is 11.6 Å². The van der Waals surface area contributed by atoms with Crippen LogP contribution in [0.15, 0.2) is 35.3 Å². The number of aliphatic imine (C=N–C) groups is 1. The summed E-state index contributed by atoms with van der Waals surface area (Å²) in [5.74, 6) is 0.631. The van der Waals surface area contributed by atoms with Gasteiger partial charge in [0.15, 0.2) is 5.84 Å². The van der Waals surface area contributed by atoms with Crippen LogP contribution in [0, 0.1) is 5.41 Å². The monoisotopic (exact) mass is 229 g/mol. The highest BCUT2D eigenvalue weighted by molar-refractivity contribution is 6.31. The van der Waals surface area contributed by atoms with Gasteiger partial charge in [-0.3, -0.25) is 5.41 Å². The van der Waals surface area contributed by atoms with Crippen molar-refractivity contribution in [1.29, 1.82) is 5.41 Å². The average molecular weight is 230 g/mol. The molecule has 0 unspecified atom stereocenters. The summed E-state index contributed by atoms with van der Waals surface area (Å²) in [5.41, 5.74) is 7.34. The van der Waals surface area contributed by atoms with E-state index in [1.54, 1.807) is 0 Å². The molecular formula is C12H8ClN3. The fourth-order valence-electron chi connectivity index (χ4n) is 1.92. The van der Waals surface area contributed by atoms with E-state index in [9.17, 15) is 0 Å². The van der Waals surface area contributed by atoms with Crippen LogP contribution in [0.25, 0.3) is 10.8 Å². The Kier molecular flexibility index (Phi) is 1.79. The van der Waals surface area contributed by atoms with E-state index in [0.717, 1.165) is 21.9 Å². The normalized spacial score (nSPS) is 14.1. The summed E-state index contributed by atoms with van der Waals surface area (Å²) < 4.78 is 0. The molecule has 2 aromatic rings. The van der Waals surface area contributed by atoms with Crippen molar-refractivity contribution in [3.8, 4) is 0 Å². The van der Waals surface area contributed by atoms with Gasteiger partial charge in [0.25, 0.3) is 0 Å². The van der Waals surface area contributed by atoms with E-state index in [0.29, 0.717) is 10.9 Å². The van der Waals surface area contributed by atoms with Gasteiger partial charge in [-0.05, 0) is 35.0 Å². The van der Waals surface area contributed by atoms with Gasteiger partial charge in [0.05, 0.1) is 0 Å². The van der Waals surface area contributed by atoms with Crippen molar-refractivity contribution in [3.63, 3.8) is 0 Å². The standard InChI is InChI=1S/C12H8ClN3/c13-8-2-1-6-4-9-10(5-7(6)3-8)12(15)16-11(9)14/h1-5H,(H3,14,15,16). The number of benzene rings is 2. The number of amidine groups is 2. The number of halogens is 1. The van der Waals surface area contributed by atoms with Crippen molar-refractivity contribution in [2.75, 3.05) is 0 Å². The van der Waals surface area contributed by atoms with Gasteiger partial charge in [0.1, 0.15) is 5.84 Å². The highest BCUT2D eigenvalue weighted by atomic mass is 35.5. The third-order valence-corrected chi connectivity index (χ3v) is 2.94. The summed E-state index contributed by atoms with van der Waals surface area (Å²) in [4.78, 5) is 3.95. The SMILES string of the molecule is N=C1N=C(N)c2cc3ccc(Cl)cc3cc21. The number of nitrogens with zero attached hydrogens (tertiary/aromatic N) is 1. The molecule has 0 fully saturated rings. The summed E-state index contributed by atoms with van der Waals surface area (Å²) >= 11 is 5.93. The van der Waals surface area contributed by atoms with Crippen molar-refractivity contribution in [1.82, 2.24) is 0 Å². The molecule has 0 bridgehead atoms. The van der Waals surface area contributed by atoms with Gasteiger partial charge in [-0.15, -0.1) is 0 Å². The Morgan fingerprint density at radius 1 is 1.06 bits per heavy atom. The van der Waals surface area contributed by atoms with Crippen molar-refractivity contribution < 1.29 is 0 Å². The maximum atomic E-state index is 7.69. The highest BCUT2D eigenvalue weighted by Crippen LogP contribution is 2.26. The number of rotatable bonds is 0. The smallest absolute Gasteiger partial charge is 0.154 e. The largest absolute Gasteiger partial charge is 0.383 e. The second-order valence-corrected chi connectivity index (χ2v) is 4.17. The zero-order chi connectivity index (χ0) is 11.3. The summed E-state index contributed by atoms with van der Waals surface area (Å²) in [6.45, 7) is 0. The lowest BCUT2D eigenvalue weighted by molar-refractivity contribution is 1.45. The summed E-state index contributed by atoms with van der Waals surface area (Å²) in [6, 6.07) is 9.50. The molecule has 16 heavy (non-hydrogen) atoms. The van der Waals surface area contributed by atoms with Crippen LogP contribution < -0.4 is 5.73 Å². The second kappa shape index (κ2) is 3.06. The molecule has 3 N–H and O–H groups in total. The predicted octanol–water partition coefficient (Wildman–Crippen LogP) is 2.54. The molecule has 4 heteroatoms. The van der Waals surface area contributed by atoms with E-state index >= 15 is 0 Å². The van der Waals surface area contributed by atoms with Crippen molar-refractivity contribution >= 4 is 34.0 Å². The van der Waals surface area contributed by atoms with E-state index < -0.39 is 0 Å². The third-order valence-electron chi connectivity index (χ3n) is 2.70. The summed E-state index contributed by atoms with van der Waals surface area (Å²) in [5, 5.41) is 10.4. The van der Waals surface area contributed by atoms with Gasteiger partial charge in [0, 0.05) is 16.1 Å². The Labute approximate surface area is 97.1 Å². The molecule has 0 radical (unpaired) electrons. The van der Waals surface area contributed by atoms with E-state index in [1.165, 1.54) is 0 Å². The molecule has 0 aromatic heterocycles. The van der Waals surface area contributed by atoms with Gasteiger partial charge in [0.2, 0.25) is 0 Å². The van der Waals surface area contributed by atoms with Crippen LogP contribution in [0.4, 0.5) is 0 Å². The maximum Gasteiger partial charge on any atom is 0.154 e.